The molecule has 38 heavy (non-hydrogen) atoms. The van der Waals surface area contributed by atoms with Gasteiger partial charge < -0.3 is 26.2 Å². The Balaban J connectivity index is -0.000000456. The first kappa shape index (κ1) is 36.9. The predicted molar refractivity (Wildman–Crippen MR) is 164 cm³/mol. The molecule has 0 aliphatic carbocycles. The third-order valence-electron chi connectivity index (χ3n) is 4.91. The highest BCUT2D eigenvalue weighted by Crippen LogP contribution is 2.24. The van der Waals surface area contributed by atoms with E-state index in [0.717, 1.165) is 36.1 Å². The maximum Gasteiger partial charge on any atom is 0.247 e. The van der Waals surface area contributed by atoms with Crippen LogP contribution in [0.25, 0.3) is 0 Å². The van der Waals surface area contributed by atoms with Crippen molar-refractivity contribution in [3.05, 3.63) is 72.8 Å². The molecule has 0 atom stereocenters. The zero-order valence-electron chi connectivity index (χ0n) is 24.9. The minimum absolute atomic E-state index is 0.0670. The number of carbonyl (C=O) groups is 2. The Morgan fingerprint density at radius 1 is 0.947 bits per heavy atom. The number of nitrogen functional groups attached to an aromatic ring is 1. The third kappa shape index (κ3) is 19.8. The van der Waals surface area contributed by atoms with Crippen molar-refractivity contribution in [1.29, 1.82) is 0 Å². The molecule has 2 aromatic rings. The number of aryl methyl sites for hydroxylation is 2. The summed E-state index contributed by atoms with van der Waals surface area (Å²) in [5.41, 5.74) is 8.54. The molecule has 214 valence electrons. The summed E-state index contributed by atoms with van der Waals surface area (Å²) in [4.78, 5) is 22.8. The molecule has 2 aromatic carbocycles. The van der Waals surface area contributed by atoms with Gasteiger partial charge in [-0.15, -0.1) is 0 Å². The molecule has 0 aromatic heterocycles. The van der Waals surface area contributed by atoms with E-state index in [9.17, 15) is 14.7 Å². The number of hydrogen-bond donors (Lipinski definition) is 4. The largest absolute Gasteiger partial charge is 0.506 e. The van der Waals surface area contributed by atoms with Crippen molar-refractivity contribution in [2.24, 2.45) is 0 Å². The molecule has 8 heteroatoms. The fraction of sp³-hybridized carbons (Fsp3) is 0.400. The molecule has 0 radical (unpaired) electrons. The highest BCUT2D eigenvalue weighted by atomic mass is 35.5. The summed E-state index contributed by atoms with van der Waals surface area (Å²) in [5.74, 6) is -0.0943. The molecule has 0 aliphatic heterocycles. The van der Waals surface area contributed by atoms with Crippen molar-refractivity contribution >= 4 is 34.1 Å². The Kier molecular flexibility index (Phi) is 24.6. The van der Waals surface area contributed by atoms with Gasteiger partial charge in [0.1, 0.15) is 11.5 Å². The predicted octanol–water partition coefficient (Wildman–Crippen LogP) is 6.93. The molecule has 7 nitrogen and oxygen atoms in total. The number of phenolic OH excluding ortho intramolecular Hbond substituents is 2. The zero-order chi connectivity index (χ0) is 30.8. The minimum atomic E-state index is -0.509. The Morgan fingerprint density at radius 3 is 1.68 bits per heavy atom. The van der Waals surface area contributed by atoms with Crippen LogP contribution in [0.2, 0.25) is 0 Å². The van der Waals surface area contributed by atoms with Gasteiger partial charge in [-0.25, -0.2) is 0 Å². The summed E-state index contributed by atoms with van der Waals surface area (Å²) >= 11 is 4.71. The number of halogens is 1. The molecule has 5 N–H and O–H groups in total. The quantitative estimate of drug-likeness (QED) is 0.123. The molecule has 0 spiro atoms. The third-order valence-corrected chi connectivity index (χ3v) is 5.07. The number of carbonyl (C=O) groups excluding carboxylic acids is 2. The first-order valence-electron chi connectivity index (χ1n) is 13.3. The minimum Gasteiger partial charge on any atom is -0.506 e. The first-order valence-corrected chi connectivity index (χ1v) is 13.0. The van der Waals surface area contributed by atoms with E-state index >= 15 is 0 Å². The van der Waals surface area contributed by atoms with Crippen molar-refractivity contribution in [2.45, 2.75) is 61.3 Å². The number of rotatable bonds is 8. The van der Waals surface area contributed by atoms with Gasteiger partial charge in [-0.2, -0.15) is 0 Å². The second-order valence-electron chi connectivity index (χ2n) is 7.27. The topological polar surface area (TPSA) is 116 Å². The summed E-state index contributed by atoms with van der Waals surface area (Å²) in [5, 5.41) is 20.5. The number of hydrogen-bond acceptors (Lipinski definition) is 6. The second-order valence-corrected chi connectivity index (χ2v) is 7.65. The van der Waals surface area contributed by atoms with Crippen LogP contribution in [0.1, 0.15) is 60.9 Å². The molecule has 0 fully saturated rings. The van der Waals surface area contributed by atoms with Gasteiger partial charge in [0.25, 0.3) is 0 Å². The van der Waals surface area contributed by atoms with Gasteiger partial charge >= 0.3 is 0 Å². The Morgan fingerprint density at radius 2 is 1.37 bits per heavy atom. The van der Waals surface area contributed by atoms with Gasteiger partial charge in [0.05, 0.1) is 11.4 Å². The van der Waals surface area contributed by atoms with Crippen LogP contribution in [0.15, 0.2) is 61.7 Å². The van der Waals surface area contributed by atoms with Crippen LogP contribution in [0.4, 0.5) is 11.4 Å². The smallest absolute Gasteiger partial charge is 0.247 e. The lowest BCUT2D eigenvalue weighted by Gasteiger charge is -2.13. The van der Waals surface area contributed by atoms with Crippen molar-refractivity contribution in [3.8, 4) is 11.5 Å². The van der Waals surface area contributed by atoms with Crippen molar-refractivity contribution in [1.82, 2.24) is 4.90 Å². The standard InChI is InChI=1S/C11H13NO2.C8H11NO.C6H15N.C3H3ClO.C2H6/c1-3-8-5-6-10(13)9(7-8)12-11(14)4-2;1-2-6-3-4-8(10)7(9)5-6;1-4-7(5-2)6-3;1-2-3(4)5;1-2/h4-7,13H,2-3H2,1H3,(H,12,14);3-5,10H,2,9H2,1H3;4-6H2,1-3H3;2H,1H2;1-2H3/i;;;;1D. The van der Waals surface area contributed by atoms with Crippen LogP contribution in [0.5, 0.6) is 11.5 Å². The molecule has 1 amide bonds. The van der Waals surface area contributed by atoms with E-state index in [1.807, 2.05) is 26.0 Å². The number of nitrogens with one attached hydrogen (secondary N) is 1. The van der Waals surface area contributed by atoms with Crippen LogP contribution < -0.4 is 11.1 Å². The van der Waals surface area contributed by atoms with E-state index in [2.05, 4.69) is 44.1 Å². The fourth-order valence-electron chi connectivity index (χ4n) is 2.58. The molecule has 0 unspecified atom stereocenters. The Bertz CT molecular complexity index is 962. The molecule has 0 heterocycles. The lowest BCUT2D eigenvalue weighted by Crippen LogP contribution is -2.21. The summed E-state index contributed by atoms with van der Waals surface area (Å²) in [6.07, 6.45) is 4.02. The van der Waals surface area contributed by atoms with Gasteiger partial charge in [-0.05, 0) is 91.6 Å². The molecular formula is C30H48ClN3O4. The van der Waals surface area contributed by atoms with E-state index < -0.39 is 5.24 Å². The number of benzene rings is 2. The zero-order valence-corrected chi connectivity index (χ0v) is 24.6. The molecule has 0 aliphatic rings. The summed E-state index contributed by atoms with van der Waals surface area (Å²) in [7, 11) is 0. The molecule has 0 bridgehead atoms. The highest BCUT2D eigenvalue weighted by Gasteiger charge is 2.03. The first-order chi connectivity index (χ1) is 18.4. The number of nitrogens with zero attached hydrogens (tertiary/aromatic N) is 1. The Hall–Kier alpha value is -3.29. The van der Waals surface area contributed by atoms with Crippen LogP contribution in [0.3, 0.4) is 0 Å². The van der Waals surface area contributed by atoms with Crippen molar-refractivity contribution < 1.29 is 21.2 Å². The Labute approximate surface area is 236 Å². The molecule has 2 rings (SSSR count). The summed E-state index contributed by atoms with van der Waals surface area (Å²) < 4.78 is 6.21. The SMILES string of the molecule is C=CC(=O)Cl.C=CC(=O)Nc1cc(CC)ccc1O.CCN(CC)CC.CCc1ccc(O)c(N)c1.[2H]CC. The number of nitrogens with two attached hydrogens (primary N) is 1. The van der Waals surface area contributed by atoms with Crippen LogP contribution in [-0.2, 0) is 22.4 Å². The van der Waals surface area contributed by atoms with Crippen LogP contribution in [0, 0.1) is 0 Å². The van der Waals surface area contributed by atoms with Crippen molar-refractivity contribution in [3.63, 3.8) is 0 Å². The number of aromatic hydroxyl groups is 2. The van der Waals surface area contributed by atoms with Gasteiger partial charge in [-0.3, -0.25) is 9.59 Å². The van der Waals surface area contributed by atoms with Crippen LogP contribution >= 0.6 is 11.6 Å². The van der Waals surface area contributed by atoms with Gasteiger partial charge in [0.2, 0.25) is 11.1 Å². The number of allylic oxidation sites excluding steroid dienone is 1. The van der Waals surface area contributed by atoms with Gasteiger partial charge in [0.15, 0.2) is 0 Å². The molecule has 0 saturated heterocycles. The van der Waals surface area contributed by atoms with E-state index in [4.69, 9.17) is 23.8 Å². The average Bonchev–Trinajstić information content (AvgIpc) is 2.93. The summed E-state index contributed by atoms with van der Waals surface area (Å²) in [6, 6.07) is 10.4. The average molecular weight is 551 g/mol. The fourth-order valence-corrected chi connectivity index (χ4v) is 2.58. The van der Waals surface area contributed by atoms with E-state index in [0.29, 0.717) is 18.3 Å². The molecule has 0 saturated carbocycles. The highest BCUT2D eigenvalue weighted by molar-refractivity contribution is 6.66. The molecular weight excluding hydrogens is 502 g/mol. The van der Waals surface area contributed by atoms with E-state index in [-0.39, 0.29) is 17.4 Å². The number of phenols is 2. The van der Waals surface area contributed by atoms with Gasteiger partial charge in [-0.1, -0.05) is 73.7 Å². The van der Waals surface area contributed by atoms with Gasteiger partial charge in [0, 0.05) is 1.37 Å². The number of amides is 1. The summed E-state index contributed by atoms with van der Waals surface area (Å²) in [6.45, 7) is 22.9. The monoisotopic (exact) mass is 550 g/mol. The van der Waals surface area contributed by atoms with Crippen LogP contribution in [-0.4, -0.2) is 45.9 Å². The van der Waals surface area contributed by atoms with E-state index in [1.165, 1.54) is 19.6 Å². The maximum atomic E-state index is 11.0. The van der Waals surface area contributed by atoms with E-state index in [1.54, 1.807) is 31.2 Å². The normalized spacial score (nSPS) is 9.32. The lowest BCUT2D eigenvalue weighted by atomic mass is 10.1. The van der Waals surface area contributed by atoms with Crippen molar-refractivity contribution in [2.75, 3.05) is 30.7 Å². The maximum absolute atomic E-state index is 11.0. The number of anilines is 2. The lowest BCUT2D eigenvalue weighted by molar-refractivity contribution is -0.112. The second kappa shape index (κ2) is 25.4.